The van der Waals surface area contributed by atoms with E-state index in [0.717, 1.165) is 5.69 Å². The molecule has 88 valence electrons. The van der Waals surface area contributed by atoms with Gasteiger partial charge in [-0.15, -0.1) is 0 Å². The van der Waals surface area contributed by atoms with E-state index in [0.29, 0.717) is 11.5 Å². The summed E-state index contributed by atoms with van der Waals surface area (Å²) in [5.41, 5.74) is 6.56. The number of pyridine rings is 1. The van der Waals surface area contributed by atoms with Crippen molar-refractivity contribution in [1.29, 1.82) is 0 Å². The molecule has 0 spiro atoms. The molecule has 1 unspecified atom stereocenters. The molecular weight excluding hydrogens is 218 g/mol. The number of carbonyl (C=O) groups is 1. The summed E-state index contributed by atoms with van der Waals surface area (Å²) in [6.07, 6.45) is 1.69. The second kappa shape index (κ2) is 4.65. The van der Waals surface area contributed by atoms with E-state index in [1.165, 1.54) is 6.07 Å². The Kier molecular flexibility index (Phi) is 3.04. The molecule has 0 aliphatic rings. The van der Waals surface area contributed by atoms with Crippen LogP contribution in [0.5, 0.6) is 0 Å². The molecule has 4 N–H and O–H groups in total. The molecule has 0 saturated heterocycles. The van der Waals surface area contributed by atoms with Crippen molar-refractivity contribution < 1.29 is 4.79 Å². The van der Waals surface area contributed by atoms with Crippen LogP contribution >= 0.6 is 0 Å². The van der Waals surface area contributed by atoms with E-state index in [4.69, 9.17) is 5.73 Å². The topological polar surface area (TPSA) is 96.7 Å². The lowest BCUT2D eigenvalue weighted by Crippen LogP contribution is -2.27. The van der Waals surface area contributed by atoms with Crippen molar-refractivity contribution in [3.05, 3.63) is 41.9 Å². The summed E-state index contributed by atoms with van der Waals surface area (Å²) in [4.78, 5) is 15.9. The highest BCUT2D eigenvalue weighted by Crippen LogP contribution is 2.09. The van der Waals surface area contributed by atoms with Gasteiger partial charge in [0.2, 0.25) is 0 Å². The average Bonchev–Trinajstić information content (AvgIpc) is 2.77. The van der Waals surface area contributed by atoms with E-state index in [-0.39, 0.29) is 11.9 Å². The molecule has 0 fully saturated rings. The maximum Gasteiger partial charge on any atom is 0.269 e. The summed E-state index contributed by atoms with van der Waals surface area (Å²) in [7, 11) is 0. The lowest BCUT2D eigenvalue weighted by atomic mass is 10.2. The van der Waals surface area contributed by atoms with Gasteiger partial charge in [0.25, 0.3) is 5.91 Å². The Morgan fingerprint density at radius 1 is 1.53 bits per heavy atom. The van der Waals surface area contributed by atoms with Gasteiger partial charge in [-0.05, 0) is 19.1 Å². The van der Waals surface area contributed by atoms with E-state index in [1.807, 2.05) is 25.1 Å². The summed E-state index contributed by atoms with van der Waals surface area (Å²) >= 11 is 0. The minimum absolute atomic E-state index is 0.173. The van der Waals surface area contributed by atoms with Crippen LogP contribution in [0.15, 0.2) is 30.5 Å². The van der Waals surface area contributed by atoms with Gasteiger partial charge in [0.05, 0.1) is 11.7 Å². The lowest BCUT2D eigenvalue weighted by Gasteiger charge is -2.11. The maximum absolute atomic E-state index is 11.8. The minimum atomic E-state index is -0.257. The van der Waals surface area contributed by atoms with Gasteiger partial charge >= 0.3 is 0 Å². The Morgan fingerprint density at radius 3 is 2.94 bits per heavy atom. The number of hydrogen-bond acceptors (Lipinski definition) is 4. The number of amides is 1. The van der Waals surface area contributed by atoms with Gasteiger partial charge in [-0.2, -0.15) is 5.10 Å². The summed E-state index contributed by atoms with van der Waals surface area (Å²) in [6.45, 7) is 1.86. The summed E-state index contributed by atoms with van der Waals surface area (Å²) in [6, 6.07) is 6.87. The third-order valence-electron chi connectivity index (χ3n) is 2.32. The van der Waals surface area contributed by atoms with Crippen LogP contribution in [0.3, 0.4) is 0 Å². The fourth-order valence-electron chi connectivity index (χ4n) is 1.43. The van der Waals surface area contributed by atoms with E-state index in [2.05, 4.69) is 20.5 Å². The van der Waals surface area contributed by atoms with Crippen LogP contribution in [-0.2, 0) is 0 Å². The highest BCUT2D eigenvalue weighted by molar-refractivity contribution is 5.93. The molecule has 0 aliphatic heterocycles. The first-order valence-electron chi connectivity index (χ1n) is 5.19. The largest absolute Gasteiger partial charge is 0.382 e. The molecular formula is C11H13N5O. The zero-order chi connectivity index (χ0) is 12.3. The van der Waals surface area contributed by atoms with E-state index in [1.54, 1.807) is 6.20 Å². The van der Waals surface area contributed by atoms with Gasteiger partial charge in [0.1, 0.15) is 11.5 Å². The third-order valence-corrected chi connectivity index (χ3v) is 2.32. The number of nitrogens with one attached hydrogen (secondary N) is 2. The molecule has 1 amide bonds. The quantitative estimate of drug-likeness (QED) is 0.730. The van der Waals surface area contributed by atoms with Crippen LogP contribution in [0, 0.1) is 0 Å². The number of nitrogen functional groups attached to an aromatic ring is 1. The fourth-order valence-corrected chi connectivity index (χ4v) is 1.43. The van der Waals surface area contributed by atoms with Crippen LogP contribution in [0.25, 0.3) is 0 Å². The lowest BCUT2D eigenvalue weighted by molar-refractivity contribution is 0.0934. The number of carbonyl (C=O) groups excluding carboxylic acids is 1. The van der Waals surface area contributed by atoms with Crippen molar-refractivity contribution in [2.45, 2.75) is 13.0 Å². The van der Waals surface area contributed by atoms with Crippen molar-refractivity contribution in [2.24, 2.45) is 0 Å². The molecule has 17 heavy (non-hydrogen) atoms. The molecule has 6 nitrogen and oxygen atoms in total. The molecule has 0 saturated carbocycles. The molecule has 2 aromatic heterocycles. The smallest absolute Gasteiger partial charge is 0.269 e. The highest BCUT2D eigenvalue weighted by Gasteiger charge is 2.13. The van der Waals surface area contributed by atoms with Crippen LogP contribution in [0.2, 0.25) is 0 Å². The van der Waals surface area contributed by atoms with Crippen LogP contribution < -0.4 is 11.1 Å². The molecule has 0 radical (unpaired) electrons. The van der Waals surface area contributed by atoms with E-state index >= 15 is 0 Å². The van der Waals surface area contributed by atoms with Crippen LogP contribution in [-0.4, -0.2) is 21.1 Å². The zero-order valence-corrected chi connectivity index (χ0v) is 9.34. The number of nitrogens with zero attached hydrogens (tertiary/aromatic N) is 2. The summed E-state index contributed by atoms with van der Waals surface area (Å²) in [5, 5.41) is 9.05. The van der Waals surface area contributed by atoms with Crippen LogP contribution in [0.4, 0.5) is 5.82 Å². The summed E-state index contributed by atoms with van der Waals surface area (Å²) < 4.78 is 0. The second-order valence-electron chi connectivity index (χ2n) is 3.66. The number of hydrogen-bond donors (Lipinski definition) is 3. The first kappa shape index (κ1) is 11.1. The number of aromatic amines is 1. The number of anilines is 1. The standard InChI is InChI=1S/C11H13N5O/c1-7(8-4-2-3-5-13-8)14-11(17)9-6-10(12)16-15-9/h2-7H,1H3,(H,14,17)(H3,12,15,16). The monoisotopic (exact) mass is 231 g/mol. The highest BCUT2D eigenvalue weighted by atomic mass is 16.2. The Hall–Kier alpha value is -2.37. The molecule has 1 atom stereocenters. The molecule has 6 heteroatoms. The van der Waals surface area contributed by atoms with E-state index in [9.17, 15) is 4.79 Å². The normalized spacial score (nSPS) is 12.1. The summed E-state index contributed by atoms with van der Waals surface area (Å²) in [5.74, 6) is 0.0352. The van der Waals surface area contributed by atoms with Gasteiger partial charge in [-0.25, -0.2) is 0 Å². The predicted molar refractivity (Wildman–Crippen MR) is 63.1 cm³/mol. The molecule has 2 heterocycles. The SMILES string of the molecule is CC(NC(=O)c1cc(N)n[nH]1)c1ccccn1. The van der Waals surface area contributed by atoms with Crippen molar-refractivity contribution >= 4 is 11.7 Å². The van der Waals surface area contributed by atoms with Crippen LogP contribution in [0.1, 0.15) is 29.1 Å². The van der Waals surface area contributed by atoms with Crippen molar-refractivity contribution in [1.82, 2.24) is 20.5 Å². The van der Waals surface area contributed by atoms with Gasteiger partial charge < -0.3 is 11.1 Å². The molecule has 0 aromatic carbocycles. The average molecular weight is 231 g/mol. The number of rotatable bonds is 3. The first-order valence-corrected chi connectivity index (χ1v) is 5.19. The van der Waals surface area contributed by atoms with Gasteiger partial charge in [0.15, 0.2) is 0 Å². The Balaban J connectivity index is 2.04. The molecule has 2 rings (SSSR count). The minimum Gasteiger partial charge on any atom is -0.382 e. The number of aromatic nitrogens is 3. The zero-order valence-electron chi connectivity index (χ0n) is 9.34. The van der Waals surface area contributed by atoms with Crippen molar-refractivity contribution in [3.63, 3.8) is 0 Å². The Bertz CT molecular complexity index is 508. The molecule has 0 bridgehead atoms. The maximum atomic E-state index is 11.8. The molecule has 0 aliphatic carbocycles. The van der Waals surface area contributed by atoms with Crippen molar-refractivity contribution in [3.8, 4) is 0 Å². The van der Waals surface area contributed by atoms with Gasteiger partial charge in [0, 0.05) is 12.3 Å². The van der Waals surface area contributed by atoms with Gasteiger partial charge in [-0.3, -0.25) is 14.9 Å². The second-order valence-corrected chi connectivity index (χ2v) is 3.66. The first-order chi connectivity index (χ1) is 8.16. The predicted octanol–water partition coefficient (Wildman–Crippen LogP) is 0.878. The van der Waals surface area contributed by atoms with E-state index < -0.39 is 0 Å². The van der Waals surface area contributed by atoms with Crippen molar-refractivity contribution in [2.75, 3.05) is 5.73 Å². The Morgan fingerprint density at radius 2 is 2.35 bits per heavy atom. The number of H-pyrrole nitrogens is 1. The third kappa shape index (κ3) is 2.60. The fraction of sp³-hybridized carbons (Fsp3) is 0.182. The number of nitrogens with two attached hydrogens (primary N) is 1. The molecule has 2 aromatic rings. The van der Waals surface area contributed by atoms with Gasteiger partial charge in [-0.1, -0.05) is 6.07 Å². The Labute approximate surface area is 98.3 Å².